The summed E-state index contributed by atoms with van der Waals surface area (Å²) in [6, 6.07) is 0. The third-order valence-corrected chi connectivity index (χ3v) is 1.89. The second-order valence-corrected chi connectivity index (χ2v) is 2.11. The van der Waals surface area contributed by atoms with E-state index in [2.05, 4.69) is 0 Å². The lowest BCUT2D eigenvalue weighted by atomic mass is 10.6. The summed E-state index contributed by atoms with van der Waals surface area (Å²) in [6.45, 7) is 4.26. The topological polar surface area (TPSA) is 27.7 Å². The van der Waals surface area contributed by atoms with Gasteiger partial charge in [0, 0.05) is 20.6 Å². The van der Waals surface area contributed by atoms with E-state index in [1.54, 1.807) is 14.0 Å². The third-order valence-electron chi connectivity index (χ3n) is 1.15. The van der Waals surface area contributed by atoms with Gasteiger partial charge in [-0.15, -0.1) is 0 Å². The van der Waals surface area contributed by atoms with Crippen molar-refractivity contribution in [2.75, 3.05) is 13.7 Å². The van der Waals surface area contributed by atoms with Gasteiger partial charge < -0.3 is 13.9 Å². The Labute approximate surface area is 58.8 Å². The summed E-state index contributed by atoms with van der Waals surface area (Å²) in [4.78, 5) is 0. The van der Waals surface area contributed by atoms with Gasteiger partial charge in [0.2, 0.25) is 0 Å². The number of hydrogen-bond acceptors (Lipinski definition) is 3. The molecular weight excluding hydrogens is 136 g/mol. The molecule has 0 rings (SSSR count). The number of hydrogen-bond donors (Lipinski definition) is 0. The first-order valence-corrected chi connectivity index (χ1v) is 3.74. The lowest BCUT2D eigenvalue weighted by Gasteiger charge is -2.25. The smallest absolute Gasteiger partial charge is 0.269 e. The Morgan fingerprint density at radius 2 is 2.11 bits per heavy atom. The van der Waals surface area contributed by atoms with Crippen LogP contribution in [0, 0.1) is 0 Å². The molecule has 0 aromatic heterocycles. The zero-order valence-electron chi connectivity index (χ0n) is 6.43. The van der Waals surface area contributed by atoms with Gasteiger partial charge in [-0.05, 0) is 6.92 Å². The minimum atomic E-state index is -0.805. The molecular formula is C5H14O3Si. The molecule has 56 valence electrons. The second kappa shape index (κ2) is 4.00. The van der Waals surface area contributed by atoms with Gasteiger partial charge in [0.1, 0.15) is 0 Å². The molecule has 0 N–H and O–H groups in total. The van der Waals surface area contributed by atoms with E-state index in [0.717, 1.165) is 0 Å². The Morgan fingerprint density at radius 3 is 2.22 bits per heavy atom. The average Bonchev–Trinajstić information content (AvgIpc) is 1.89. The molecule has 0 radical (unpaired) electrons. The molecule has 1 unspecified atom stereocenters. The zero-order chi connectivity index (χ0) is 7.33. The quantitative estimate of drug-likeness (QED) is 0.404. The SMILES string of the molecule is CCOC(C)(OC)O[SiH3]. The maximum Gasteiger partial charge on any atom is 0.269 e. The van der Waals surface area contributed by atoms with Crippen molar-refractivity contribution >= 4 is 10.5 Å². The monoisotopic (exact) mass is 150 g/mol. The van der Waals surface area contributed by atoms with Crippen LogP contribution in [-0.2, 0) is 13.9 Å². The van der Waals surface area contributed by atoms with E-state index in [-0.39, 0.29) is 0 Å². The van der Waals surface area contributed by atoms with Gasteiger partial charge in [0.25, 0.3) is 5.97 Å². The second-order valence-electron chi connectivity index (χ2n) is 1.70. The van der Waals surface area contributed by atoms with Crippen molar-refractivity contribution in [2.45, 2.75) is 19.8 Å². The van der Waals surface area contributed by atoms with Crippen molar-refractivity contribution in [2.24, 2.45) is 0 Å². The highest BCUT2D eigenvalue weighted by atomic mass is 28.2. The van der Waals surface area contributed by atoms with E-state index in [1.165, 1.54) is 0 Å². The van der Waals surface area contributed by atoms with Crippen LogP contribution in [0.3, 0.4) is 0 Å². The molecule has 0 aromatic carbocycles. The fourth-order valence-corrected chi connectivity index (χ4v) is 0.748. The van der Waals surface area contributed by atoms with E-state index in [0.29, 0.717) is 17.1 Å². The first-order valence-electron chi connectivity index (χ1n) is 2.92. The summed E-state index contributed by atoms with van der Waals surface area (Å²) in [6.07, 6.45) is 0. The summed E-state index contributed by atoms with van der Waals surface area (Å²) in [7, 11) is 2.18. The van der Waals surface area contributed by atoms with Crippen molar-refractivity contribution in [3.8, 4) is 0 Å². The first kappa shape index (κ1) is 9.10. The molecule has 9 heavy (non-hydrogen) atoms. The van der Waals surface area contributed by atoms with E-state index in [9.17, 15) is 0 Å². The predicted octanol–water partition coefficient (Wildman–Crippen LogP) is -0.360. The molecule has 0 saturated heterocycles. The molecule has 0 aromatic rings. The van der Waals surface area contributed by atoms with Gasteiger partial charge >= 0.3 is 0 Å². The Morgan fingerprint density at radius 1 is 1.56 bits per heavy atom. The van der Waals surface area contributed by atoms with Gasteiger partial charge in [0.05, 0.1) is 0 Å². The molecule has 0 aliphatic heterocycles. The number of methoxy groups -OCH3 is 1. The molecule has 3 nitrogen and oxygen atoms in total. The molecule has 0 aliphatic carbocycles. The van der Waals surface area contributed by atoms with Crippen LogP contribution in [0.4, 0.5) is 0 Å². The first-order chi connectivity index (χ1) is 4.18. The minimum Gasteiger partial charge on any atom is -0.380 e. The van der Waals surface area contributed by atoms with Gasteiger partial charge in [0.15, 0.2) is 10.5 Å². The van der Waals surface area contributed by atoms with E-state index >= 15 is 0 Å². The van der Waals surface area contributed by atoms with E-state index < -0.39 is 5.97 Å². The highest BCUT2D eigenvalue weighted by Crippen LogP contribution is 2.09. The lowest BCUT2D eigenvalue weighted by molar-refractivity contribution is -0.318. The molecule has 4 heteroatoms. The van der Waals surface area contributed by atoms with Crippen molar-refractivity contribution < 1.29 is 13.9 Å². The largest absolute Gasteiger partial charge is 0.380 e. The summed E-state index contributed by atoms with van der Waals surface area (Å²) in [5.74, 6) is -0.805. The third kappa shape index (κ3) is 2.95. The van der Waals surface area contributed by atoms with Crippen LogP contribution in [0.25, 0.3) is 0 Å². The van der Waals surface area contributed by atoms with E-state index in [4.69, 9.17) is 13.9 Å². The van der Waals surface area contributed by atoms with Crippen LogP contribution in [0.15, 0.2) is 0 Å². The molecule has 0 spiro atoms. The van der Waals surface area contributed by atoms with Gasteiger partial charge in [-0.1, -0.05) is 0 Å². The van der Waals surface area contributed by atoms with Gasteiger partial charge in [-0.2, -0.15) is 0 Å². The molecule has 0 aliphatic rings. The summed E-state index contributed by atoms with van der Waals surface area (Å²) >= 11 is 0. The maximum atomic E-state index is 5.12. The molecule has 0 fully saturated rings. The van der Waals surface area contributed by atoms with Crippen molar-refractivity contribution in [1.29, 1.82) is 0 Å². The number of ether oxygens (including phenoxy) is 2. The fourth-order valence-electron chi connectivity index (χ4n) is 0.463. The average molecular weight is 150 g/mol. The highest BCUT2D eigenvalue weighted by Gasteiger charge is 2.21. The Hall–Kier alpha value is 0.0969. The van der Waals surface area contributed by atoms with Crippen LogP contribution in [0.2, 0.25) is 0 Å². The van der Waals surface area contributed by atoms with Crippen LogP contribution in [-0.4, -0.2) is 30.2 Å². The van der Waals surface area contributed by atoms with Crippen LogP contribution >= 0.6 is 0 Å². The van der Waals surface area contributed by atoms with E-state index in [1.807, 2.05) is 6.92 Å². The maximum absolute atomic E-state index is 5.12. The molecule has 0 saturated carbocycles. The van der Waals surface area contributed by atoms with Crippen molar-refractivity contribution in [3.05, 3.63) is 0 Å². The number of rotatable bonds is 4. The van der Waals surface area contributed by atoms with Crippen LogP contribution in [0.1, 0.15) is 13.8 Å². The summed E-state index contributed by atoms with van der Waals surface area (Å²) in [5.41, 5.74) is 0. The van der Waals surface area contributed by atoms with Gasteiger partial charge in [-0.3, -0.25) is 0 Å². The van der Waals surface area contributed by atoms with Crippen LogP contribution < -0.4 is 0 Å². The normalized spacial score (nSPS) is 17.7. The predicted molar refractivity (Wildman–Crippen MR) is 38.1 cm³/mol. The lowest BCUT2D eigenvalue weighted by Crippen LogP contribution is -2.33. The highest BCUT2D eigenvalue weighted by molar-refractivity contribution is 5.98. The van der Waals surface area contributed by atoms with Crippen molar-refractivity contribution in [3.63, 3.8) is 0 Å². The summed E-state index contributed by atoms with van der Waals surface area (Å²) in [5, 5.41) is 0. The minimum absolute atomic E-state index is 0.604. The Kier molecular flexibility index (Phi) is 4.04. The molecule has 0 bridgehead atoms. The Balaban J connectivity index is 3.62. The standard InChI is InChI=1S/C5H14O3Si/c1-4-7-5(2,6-3)8-9/h4H2,1-3,9H3. The molecule has 0 amide bonds. The molecule has 1 atom stereocenters. The molecule has 0 heterocycles. The van der Waals surface area contributed by atoms with Crippen molar-refractivity contribution in [1.82, 2.24) is 0 Å². The Bertz CT molecular complexity index is 72.6. The van der Waals surface area contributed by atoms with Crippen LogP contribution in [0.5, 0.6) is 0 Å². The fraction of sp³-hybridized carbons (Fsp3) is 1.00. The summed E-state index contributed by atoms with van der Waals surface area (Å²) < 4.78 is 15.1. The van der Waals surface area contributed by atoms with Gasteiger partial charge in [-0.25, -0.2) is 0 Å². The zero-order valence-corrected chi connectivity index (χ0v) is 8.43.